The van der Waals surface area contributed by atoms with E-state index in [1.807, 2.05) is 0 Å². The Bertz CT molecular complexity index is 3090. The molecule has 0 aliphatic rings. The topological polar surface area (TPSA) is 26.3 Å². The molecule has 2 heterocycles. The Labute approximate surface area is 235 Å². The third-order valence-electron chi connectivity index (χ3n) is 5.93. The number of furan rings is 2. The smallest absolute Gasteiger partial charge is 0.139 e. The van der Waals surface area contributed by atoms with E-state index in [0.717, 1.165) is 0 Å². The van der Waals surface area contributed by atoms with Crippen molar-refractivity contribution in [3.8, 4) is 22.3 Å². The van der Waals surface area contributed by atoms with Gasteiger partial charge in [-0.05, 0) is 61.9 Å². The largest absolute Gasteiger partial charge is 0.464 e. The summed E-state index contributed by atoms with van der Waals surface area (Å²) in [5, 5.41) is -3.37. The maximum absolute atomic E-state index is 9.30. The summed E-state index contributed by atoms with van der Waals surface area (Å²) in [5.74, 6) is 0. The molecule has 2 aromatic heterocycles. The Morgan fingerprint density at radius 2 is 1.17 bits per heavy atom. The Morgan fingerprint density at radius 1 is 0.500 bits per heavy atom. The first kappa shape index (κ1) is 8.39. The van der Waals surface area contributed by atoms with Crippen LogP contribution in [0.25, 0.3) is 76.7 Å². The van der Waals surface area contributed by atoms with Crippen LogP contribution in [0.2, 0.25) is 0 Å². The maximum Gasteiger partial charge on any atom is 0.139 e. The summed E-state index contributed by atoms with van der Waals surface area (Å²) >= 11 is 0. The van der Waals surface area contributed by atoms with Gasteiger partial charge in [-0.1, -0.05) is 90.6 Å². The SMILES string of the molecule is [2H]c1oc2c([2H])c3oc4c([2H])c([2H])c([2H])c(-c5c6c([2H])c([2H])c([2H])c([2H])c6c(-c6c([2H])c([2H])c([2H])c([2H])c6[2H])c6c([2H])c([2H])c([2H])c([2H])c56)c4c3c([2H])c2c1[2H]. The van der Waals surface area contributed by atoms with Crippen molar-refractivity contribution in [1.82, 2.24) is 0 Å². The number of rotatable bonds is 2. The first-order chi connectivity index (χ1) is 26.2. The number of benzene rings is 6. The molecule has 0 bridgehead atoms. The zero-order valence-corrected chi connectivity index (χ0v) is 17.8. The average Bonchev–Trinajstić information content (AvgIpc) is 3.72. The molecule has 2 nitrogen and oxygen atoms in total. The molecule has 0 radical (unpaired) electrons. The summed E-state index contributed by atoms with van der Waals surface area (Å²) < 4.78 is 187. The van der Waals surface area contributed by atoms with Gasteiger partial charge in [0.15, 0.2) is 0 Å². The van der Waals surface area contributed by atoms with Crippen molar-refractivity contribution in [2.45, 2.75) is 0 Å². The molecule has 36 heavy (non-hydrogen) atoms. The molecule has 0 saturated heterocycles. The first-order valence-electron chi connectivity index (χ1n) is 20.6. The van der Waals surface area contributed by atoms with Crippen LogP contribution in [0.5, 0.6) is 0 Å². The van der Waals surface area contributed by atoms with E-state index < -0.39 is 176 Å². The molecule has 168 valence electrons. The molecule has 0 saturated carbocycles. The van der Waals surface area contributed by atoms with Gasteiger partial charge in [-0.15, -0.1) is 0 Å². The van der Waals surface area contributed by atoms with Crippen molar-refractivity contribution < 1.29 is 36.2 Å². The summed E-state index contributed by atoms with van der Waals surface area (Å²) in [6, 6.07) is -15.4. The van der Waals surface area contributed by atoms with Gasteiger partial charge < -0.3 is 8.83 Å². The lowest BCUT2D eigenvalue weighted by Gasteiger charge is -2.18. The Hall–Kier alpha value is -4.82. The molecule has 0 spiro atoms. The maximum atomic E-state index is 9.30. The van der Waals surface area contributed by atoms with Crippen molar-refractivity contribution in [1.29, 1.82) is 0 Å². The minimum Gasteiger partial charge on any atom is -0.464 e. The zero-order valence-electron chi connectivity index (χ0n) is 37.8. The van der Waals surface area contributed by atoms with E-state index >= 15 is 0 Å². The summed E-state index contributed by atoms with van der Waals surface area (Å²) in [4.78, 5) is 0. The average molecular weight is 481 g/mol. The molecule has 8 aromatic rings. The number of hydrogen-bond acceptors (Lipinski definition) is 2. The monoisotopic (exact) mass is 480 g/mol. The van der Waals surface area contributed by atoms with E-state index in [2.05, 4.69) is 0 Å². The quantitative estimate of drug-likeness (QED) is 0.230. The van der Waals surface area contributed by atoms with Crippen LogP contribution < -0.4 is 0 Å². The zero-order chi connectivity index (χ0) is 41.0. The van der Waals surface area contributed by atoms with E-state index in [0.29, 0.717) is 0 Å². The van der Waals surface area contributed by atoms with E-state index in [4.69, 9.17) is 30.8 Å². The highest BCUT2D eigenvalue weighted by Crippen LogP contribution is 2.47. The van der Waals surface area contributed by atoms with E-state index in [1.165, 1.54) is 0 Å². The standard InChI is InChI=1S/C34H20O2/c1-2-9-21(10-3-1)32-23-11-4-6-13-25(23)33(26-14-7-5-12-24(26)32)27-15-8-16-29-34(27)28-19-22-17-18-35-30(22)20-31(28)36-29/h1-20H/i1D,2D,3D,4D,5D,6D,7D,8D,9D,10D,11D,12D,13D,14D,15D,16D,17D,18D,19D,20D. The molecular weight excluding hydrogens is 440 g/mol. The lowest BCUT2D eigenvalue weighted by molar-refractivity contribution is 0.613. The molecule has 0 N–H and O–H groups in total. The molecule has 2 heteroatoms. The first-order valence-corrected chi connectivity index (χ1v) is 10.6. The normalized spacial score (nSPS) is 19.7. The van der Waals surface area contributed by atoms with E-state index in [1.54, 1.807) is 0 Å². The van der Waals surface area contributed by atoms with Gasteiger partial charge in [0, 0.05) is 22.2 Å². The molecule has 0 fully saturated rings. The van der Waals surface area contributed by atoms with Crippen molar-refractivity contribution in [2.75, 3.05) is 0 Å². The fraction of sp³-hybridized carbons (Fsp3) is 0. The number of fused-ring (bicyclic) bond motifs is 6. The van der Waals surface area contributed by atoms with Gasteiger partial charge in [0.2, 0.25) is 0 Å². The van der Waals surface area contributed by atoms with Gasteiger partial charge in [0.25, 0.3) is 0 Å². The van der Waals surface area contributed by atoms with Gasteiger partial charge in [0.05, 0.1) is 32.3 Å². The fourth-order valence-electron chi connectivity index (χ4n) is 4.51. The minimum absolute atomic E-state index is 0.329. The van der Waals surface area contributed by atoms with Crippen molar-refractivity contribution in [3.63, 3.8) is 0 Å². The second kappa shape index (κ2) is 7.34. The van der Waals surface area contributed by atoms with Crippen LogP contribution in [0, 0.1) is 0 Å². The summed E-state index contributed by atoms with van der Waals surface area (Å²) in [7, 11) is 0. The van der Waals surface area contributed by atoms with Gasteiger partial charge in [-0.2, -0.15) is 0 Å². The van der Waals surface area contributed by atoms with Crippen LogP contribution >= 0.6 is 0 Å². The van der Waals surface area contributed by atoms with Crippen LogP contribution in [0.15, 0.2) is 130 Å². The lowest BCUT2D eigenvalue weighted by atomic mass is 9.85. The van der Waals surface area contributed by atoms with Gasteiger partial charge in [-0.25, -0.2) is 0 Å². The molecule has 0 unspecified atom stereocenters. The number of hydrogen-bond donors (Lipinski definition) is 0. The highest BCUT2D eigenvalue weighted by molar-refractivity contribution is 6.26. The van der Waals surface area contributed by atoms with Crippen LogP contribution in [0.4, 0.5) is 0 Å². The molecular formula is C34H20O2. The van der Waals surface area contributed by atoms with Crippen molar-refractivity contribution in [2.24, 2.45) is 0 Å². The van der Waals surface area contributed by atoms with E-state index in [-0.39, 0.29) is 21.7 Å². The highest BCUT2D eigenvalue weighted by atomic mass is 16.3. The third kappa shape index (κ3) is 2.67. The Morgan fingerprint density at radius 3 is 1.89 bits per heavy atom. The van der Waals surface area contributed by atoms with Crippen LogP contribution in [0.1, 0.15) is 27.4 Å². The molecule has 0 atom stereocenters. The van der Waals surface area contributed by atoms with Gasteiger partial charge >= 0.3 is 0 Å². The summed E-state index contributed by atoms with van der Waals surface area (Å²) in [5.41, 5.74) is -3.66. The predicted octanol–water partition coefficient (Wildman–Crippen LogP) is 9.97. The summed E-state index contributed by atoms with van der Waals surface area (Å²) in [6.07, 6.45) is -0.692. The van der Waals surface area contributed by atoms with Gasteiger partial charge in [-0.3, -0.25) is 0 Å². The second-order valence-corrected chi connectivity index (χ2v) is 7.79. The molecule has 6 aromatic carbocycles. The fourth-order valence-corrected chi connectivity index (χ4v) is 4.51. The summed E-state index contributed by atoms with van der Waals surface area (Å²) in [6.45, 7) is 0. The Kier molecular flexibility index (Phi) is 1.71. The van der Waals surface area contributed by atoms with Crippen molar-refractivity contribution in [3.05, 3.63) is 121 Å². The Balaban J connectivity index is 1.81. The lowest BCUT2D eigenvalue weighted by Crippen LogP contribution is -1.91. The van der Waals surface area contributed by atoms with Gasteiger partial charge in [0.1, 0.15) is 18.1 Å². The molecule has 0 aliphatic carbocycles. The van der Waals surface area contributed by atoms with Crippen LogP contribution in [-0.2, 0) is 0 Å². The molecule has 0 amide bonds. The molecule has 8 rings (SSSR count). The molecule has 0 aliphatic heterocycles. The van der Waals surface area contributed by atoms with Crippen LogP contribution in [-0.4, -0.2) is 0 Å². The predicted molar refractivity (Wildman–Crippen MR) is 149 cm³/mol. The van der Waals surface area contributed by atoms with Crippen LogP contribution in [0.3, 0.4) is 0 Å². The van der Waals surface area contributed by atoms with Crippen molar-refractivity contribution >= 4 is 54.5 Å². The van der Waals surface area contributed by atoms with E-state index in [9.17, 15) is 5.48 Å². The second-order valence-electron chi connectivity index (χ2n) is 7.79. The highest BCUT2D eigenvalue weighted by Gasteiger charge is 2.20. The minimum atomic E-state index is -0.879. The third-order valence-corrected chi connectivity index (χ3v) is 5.93.